The first-order chi connectivity index (χ1) is 12.2. The van der Waals surface area contributed by atoms with Gasteiger partial charge >= 0.3 is 0 Å². The van der Waals surface area contributed by atoms with Crippen molar-refractivity contribution >= 4 is 28.4 Å². The number of nitrogens with zero attached hydrogens (tertiary/aromatic N) is 3. The van der Waals surface area contributed by atoms with Crippen LogP contribution >= 0.6 is 11.3 Å². The molecular weight excluding hydrogens is 330 g/mol. The zero-order valence-electron chi connectivity index (χ0n) is 13.6. The molecule has 0 unspecified atom stereocenters. The van der Waals surface area contributed by atoms with Crippen LogP contribution in [0.3, 0.4) is 0 Å². The molecule has 1 aromatic carbocycles. The minimum atomic E-state index is -0.0738. The summed E-state index contributed by atoms with van der Waals surface area (Å²) in [6.45, 7) is 2.04. The summed E-state index contributed by atoms with van der Waals surface area (Å²) in [6, 6.07) is 13.4. The maximum Gasteiger partial charge on any atom is 0.259 e. The molecule has 0 saturated carbocycles. The predicted octanol–water partition coefficient (Wildman–Crippen LogP) is 4.30. The molecule has 3 heterocycles. The van der Waals surface area contributed by atoms with Crippen molar-refractivity contribution in [2.45, 2.75) is 6.92 Å². The van der Waals surface area contributed by atoms with Crippen molar-refractivity contribution in [1.82, 2.24) is 14.4 Å². The van der Waals surface area contributed by atoms with Gasteiger partial charge in [0.25, 0.3) is 5.56 Å². The summed E-state index contributed by atoms with van der Waals surface area (Å²) in [4.78, 5) is 22.0. The molecule has 4 aromatic rings. The zero-order valence-corrected chi connectivity index (χ0v) is 14.4. The van der Waals surface area contributed by atoms with Crippen molar-refractivity contribution in [2.75, 3.05) is 0 Å². The molecule has 25 heavy (non-hydrogen) atoms. The number of rotatable bonds is 3. The predicted molar refractivity (Wildman–Crippen MR) is 103 cm³/mol. The highest BCUT2D eigenvalue weighted by Crippen LogP contribution is 2.26. The van der Waals surface area contributed by atoms with Gasteiger partial charge in [0, 0.05) is 29.4 Å². The highest BCUT2D eigenvalue weighted by atomic mass is 32.1. The fraction of sp³-hybridized carbons (Fsp3) is 0.0500. The van der Waals surface area contributed by atoms with Crippen LogP contribution in [0, 0.1) is 6.92 Å². The van der Waals surface area contributed by atoms with Crippen LogP contribution in [0.2, 0.25) is 0 Å². The molecule has 0 aliphatic heterocycles. The third kappa shape index (κ3) is 3.02. The summed E-state index contributed by atoms with van der Waals surface area (Å²) in [6.07, 6.45) is 7.24. The van der Waals surface area contributed by atoms with Crippen molar-refractivity contribution in [3.63, 3.8) is 0 Å². The molecule has 4 rings (SSSR count). The maximum atomic E-state index is 12.7. The van der Waals surface area contributed by atoms with E-state index in [0.29, 0.717) is 10.7 Å². The lowest BCUT2D eigenvalue weighted by Crippen LogP contribution is -2.14. The SMILES string of the molecule is Cc1ccccc1-c1csc2nc(/C=C/c3cccnc3)cc(=O)n12. The second-order valence-electron chi connectivity index (χ2n) is 5.69. The number of pyridine rings is 1. The minimum absolute atomic E-state index is 0.0738. The number of benzene rings is 1. The van der Waals surface area contributed by atoms with E-state index in [9.17, 15) is 4.79 Å². The van der Waals surface area contributed by atoms with E-state index in [2.05, 4.69) is 9.97 Å². The second kappa shape index (κ2) is 6.45. The molecule has 0 atom stereocenters. The lowest BCUT2D eigenvalue weighted by atomic mass is 10.1. The summed E-state index contributed by atoms with van der Waals surface area (Å²) in [5.41, 5.74) is 4.61. The van der Waals surface area contributed by atoms with Gasteiger partial charge in [-0.1, -0.05) is 36.4 Å². The average Bonchev–Trinajstić information content (AvgIpc) is 3.06. The molecule has 0 saturated heterocycles. The lowest BCUT2D eigenvalue weighted by molar-refractivity contribution is 1.07. The second-order valence-corrected chi connectivity index (χ2v) is 6.53. The topological polar surface area (TPSA) is 47.3 Å². The quantitative estimate of drug-likeness (QED) is 0.556. The molecule has 122 valence electrons. The van der Waals surface area contributed by atoms with Gasteiger partial charge in [0.05, 0.1) is 11.4 Å². The van der Waals surface area contributed by atoms with Crippen molar-refractivity contribution in [2.24, 2.45) is 0 Å². The van der Waals surface area contributed by atoms with Crippen molar-refractivity contribution in [1.29, 1.82) is 0 Å². The number of fused-ring (bicyclic) bond motifs is 1. The highest BCUT2D eigenvalue weighted by molar-refractivity contribution is 7.15. The molecule has 0 bridgehead atoms. The minimum Gasteiger partial charge on any atom is -0.269 e. The van der Waals surface area contributed by atoms with E-state index in [1.165, 1.54) is 11.3 Å². The molecule has 0 spiro atoms. The molecule has 0 amide bonds. The van der Waals surface area contributed by atoms with Gasteiger partial charge in [-0.05, 0) is 30.2 Å². The first-order valence-corrected chi connectivity index (χ1v) is 8.76. The molecule has 0 radical (unpaired) electrons. The summed E-state index contributed by atoms with van der Waals surface area (Å²) < 4.78 is 1.68. The fourth-order valence-electron chi connectivity index (χ4n) is 2.73. The monoisotopic (exact) mass is 345 g/mol. The average molecular weight is 345 g/mol. The zero-order chi connectivity index (χ0) is 17.2. The first-order valence-electron chi connectivity index (χ1n) is 7.88. The molecule has 0 fully saturated rings. The van der Waals surface area contributed by atoms with E-state index in [1.807, 2.05) is 60.9 Å². The summed E-state index contributed by atoms with van der Waals surface area (Å²) in [5, 5.41) is 1.99. The molecule has 5 heteroatoms. The Hall–Kier alpha value is -3.05. The van der Waals surface area contributed by atoms with Gasteiger partial charge in [-0.15, -0.1) is 11.3 Å². The van der Waals surface area contributed by atoms with Gasteiger partial charge in [0.2, 0.25) is 0 Å². The fourth-order valence-corrected chi connectivity index (χ4v) is 3.63. The Morgan fingerprint density at radius 3 is 2.80 bits per heavy atom. The normalized spacial score (nSPS) is 11.4. The molecule has 0 aliphatic carbocycles. The third-order valence-electron chi connectivity index (χ3n) is 3.98. The van der Waals surface area contributed by atoms with Gasteiger partial charge in [-0.25, -0.2) is 4.98 Å². The Labute approximate surface area is 148 Å². The van der Waals surface area contributed by atoms with Crippen LogP contribution in [0.15, 0.2) is 65.0 Å². The number of hydrogen-bond acceptors (Lipinski definition) is 4. The smallest absolute Gasteiger partial charge is 0.259 e. The van der Waals surface area contributed by atoms with E-state index in [-0.39, 0.29) is 5.56 Å². The molecule has 4 nitrogen and oxygen atoms in total. The standard InChI is InChI=1S/C20H15N3OS/c1-14-5-2-3-7-17(14)18-13-25-20-22-16(11-19(24)23(18)20)9-8-15-6-4-10-21-12-15/h2-13H,1H3/b9-8+. The van der Waals surface area contributed by atoms with Crippen LogP contribution in [0.4, 0.5) is 0 Å². The van der Waals surface area contributed by atoms with Crippen LogP contribution in [-0.2, 0) is 0 Å². The molecule has 0 aliphatic rings. The Bertz CT molecular complexity index is 1130. The summed E-state index contributed by atoms with van der Waals surface area (Å²) in [7, 11) is 0. The van der Waals surface area contributed by atoms with Gasteiger partial charge < -0.3 is 0 Å². The Kier molecular flexibility index (Phi) is 3.99. The summed E-state index contributed by atoms with van der Waals surface area (Å²) in [5.74, 6) is 0. The van der Waals surface area contributed by atoms with E-state index in [1.54, 1.807) is 22.9 Å². The van der Waals surface area contributed by atoms with Crippen molar-refractivity contribution in [3.05, 3.63) is 87.4 Å². The lowest BCUT2D eigenvalue weighted by Gasteiger charge is -2.05. The Morgan fingerprint density at radius 1 is 1.12 bits per heavy atom. The van der Waals surface area contributed by atoms with Crippen LogP contribution in [-0.4, -0.2) is 14.4 Å². The van der Waals surface area contributed by atoms with E-state index in [4.69, 9.17) is 0 Å². The number of hydrogen-bond donors (Lipinski definition) is 0. The van der Waals surface area contributed by atoms with Gasteiger partial charge in [0.15, 0.2) is 4.96 Å². The number of aromatic nitrogens is 3. The number of aryl methyl sites for hydroxylation is 1. The van der Waals surface area contributed by atoms with Crippen LogP contribution in [0.5, 0.6) is 0 Å². The van der Waals surface area contributed by atoms with E-state index in [0.717, 1.165) is 22.4 Å². The van der Waals surface area contributed by atoms with E-state index >= 15 is 0 Å². The van der Waals surface area contributed by atoms with Crippen molar-refractivity contribution < 1.29 is 0 Å². The third-order valence-corrected chi connectivity index (χ3v) is 4.80. The molecule has 0 N–H and O–H groups in total. The van der Waals surface area contributed by atoms with E-state index < -0.39 is 0 Å². The molecule has 3 aromatic heterocycles. The van der Waals surface area contributed by atoms with Crippen molar-refractivity contribution in [3.8, 4) is 11.3 Å². The Balaban J connectivity index is 1.79. The molecular formula is C20H15N3OS. The van der Waals surface area contributed by atoms with Gasteiger partial charge in [0.1, 0.15) is 0 Å². The Morgan fingerprint density at radius 2 is 2.00 bits per heavy atom. The van der Waals surface area contributed by atoms with Crippen LogP contribution in [0.25, 0.3) is 28.4 Å². The maximum absolute atomic E-state index is 12.7. The van der Waals surface area contributed by atoms with Gasteiger partial charge in [-0.3, -0.25) is 14.2 Å². The highest BCUT2D eigenvalue weighted by Gasteiger charge is 2.11. The van der Waals surface area contributed by atoms with Gasteiger partial charge in [-0.2, -0.15) is 0 Å². The summed E-state index contributed by atoms with van der Waals surface area (Å²) >= 11 is 1.47. The first kappa shape index (κ1) is 15.5. The largest absolute Gasteiger partial charge is 0.269 e. The van der Waals surface area contributed by atoms with Crippen LogP contribution < -0.4 is 5.56 Å². The van der Waals surface area contributed by atoms with Crippen LogP contribution in [0.1, 0.15) is 16.8 Å². The number of thiazole rings is 1.